The molecule has 1 aliphatic rings. The van der Waals surface area contributed by atoms with Crippen LogP contribution in [0.4, 0.5) is 5.95 Å². The molecule has 3 aromatic rings. The van der Waals surface area contributed by atoms with Crippen LogP contribution in [0.25, 0.3) is 22.0 Å². The Morgan fingerprint density at radius 1 is 1.11 bits per heavy atom. The molecule has 1 aromatic heterocycles. The smallest absolute Gasteiger partial charge is 0.223 e. The van der Waals surface area contributed by atoms with E-state index in [1.807, 2.05) is 18.2 Å². The van der Waals surface area contributed by atoms with Crippen LogP contribution in [-0.2, 0) is 0 Å². The number of hydrogen-bond donors (Lipinski definition) is 2. The quantitative estimate of drug-likeness (QED) is 0.639. The Morgan fingerprint density at radius 2 is 1.86 bits per heavy atom. The molecule has 0 amide bonds. The third kappa shape index (κ3) is 3.55. The van der Waals surface area contributed by atoms with E-state index < -0.39 is 0 Å². The summed E-state index contributed by atoms with van der Waals surface area (Å²) < 4.78 is 10.7. The Kier molecular flexibility index (Phi) is 5.44. The van der Waals surface area contributed by atoms with Gasteiger partial charge in [-0.05, 0) is 30.7 Å². The molecule has 8 heteroatoms. The fraction of sp³-hybridized carbons (Fsp3) is 0.300. The van der Waals surface area contributed by atoms with Crippen LogP contribution in [0.2, 0.25) is 10.0 Å². The maximum absolute atomic E-state index is 6.54. The fourth-order valence-corrected chi connectivity index (χ4v) is 4.08. The van der Waals surface area contributed by atoms with Crippen LogP contribution in [0.1, 0.15) is 6.42 Å². The number of nitrogens with zero attached hydrogens (tertiary/aromatic N) is 2. The standard InChI is InChI=1S/C20H20Cl2N4O2/c1-27-15-8-16(28-2)19(22)17(18(15)21)11-3-4-14-12(7-11)9-24-20(26-14)25-13-5-6-23-10-13/h3-4,7-9,13,23H,5-6,10H2,1-2H3,(H,24,25,26). The zero-order chi connectivity index (χ0) is 19.7. The van der Waals surface area contributed by atoms with Crippen molar-refractivity contribution in [3.05, 3.63) is 40.5 Å². The largest absolute Gasteiger partial charge is 0.495 e. The van der Waals surface area contributed by atoms with Crippen molar-refractivity contribution in [2.75, 3.05) is 32.6 Å². The number of nitrogens with one attached hydrogen (secondary N) is 2. The number of fused-ring (bicyclic) bond motifs is 1. The molecule has 2 aromatic carbocycles. The molecule has 1 saturated heterocycles. The number of ether oxygens (including phenoxy) is 2. The second kappa shape index (κ2) is 7.99. The van der Waals surface area contributed by atoms with E-state index in [1.54, 1.807) is 26.5 Å². The first-order chi connectivity index (χ1) is 13.6. The van der Waals surface area contributed by atoms with Gasteiger partial charge in [0.25, 0.3) is 0 Å². The minimum absolute atomic E-state index is 0.360. The van der Waals surface area contributed by atoms with Crippen molar-refractivity contribution in [2.45, 2.75) is 12.5 Å². The topological polar surface area (TPSA) is 68.3 Å². The van der Waals surface area contributed by atoms with Crippen LogP contribution >= 0.6 is 23.2 Å². The van der Waals surface area contributed by atoms with Gasteiger partial charge < -0.3 is 20.1 Å². The molecule has 146 valence electrons. The predicted octanol–water partition coefficient (Wildman–Crippen LogP) is 4.39. The first-order valence-electron chi connectivity index (χ1n) is 8.95. The lowest BCUT2D eigenvalue weighted by molar-refractivity contribution is 0.395. The summed E-state index contributed by atoms with van der Waals surface area (Å²) in [5.41, 5.74) is 2.33. The van der Waals surface area contributed by atoms with Crippen molar-refractivity contribution >= 4 is 40.1 Å². The van der Waals surface area contributed by atoms with Gasteiger partial charge in [-0.1, -0.05) is 29.3 Å². The molecule has 6 nitrogen and oxygen atoms in total. The lowest BCUT2D eigenvalue weighted by atomic mass is 10.0. The van der Waals surface area contributed by atoms with E-state index in [1.165, 1.54) is 0 Å². The summed E-state index contributed by atoms with van der Waals surface area (Å²) in [4.78, 5) is 9.07. The van der Waals surface area contributed by atoms with E-state index in [4.69, 9.17) is 32.7 Å². The van der Waals surface area contributed by atoms with Crippen molar-refractivity contribution < 1.29 is 9.47 Å². The average Bonchev–Trinajstić information content (AvgIpc) is 3.21. The highest BCUT2D eigenvalue weighted by Gasteiger charge is 2.19. The maximum Gasteiger partial charge on any atom is 0.223 e. The van der Waals surface area contributed by atoms with Gasteiger partial charge in [0, 0.05) is 35.8 Å². The molecule has 2 heterocycles. The third-order valence-corrected chi connectivity index (χ3v) is 5.59. The lowest BCUT2D eigenvalue weighted by Gasteiger charge is -2.15. The number of rotatable bonds is 5. The van der Waals surface area contributed by atoms with E-state index in [0.29, 0.717) is 39.1 Å². The zero-order valence-corrected chi connectivity index (χ0v) is 17.1. The Labute approximate surface area is 173 Å². The molecule has 0 bridgehead atoms. The molecule has 1 atom stereocenters. The number of aromatic nitrogens is 2. The SMILES string of the molecule is COc1cc(OC)c(Cl)c(-c2ccc3nc(NC4CCNC4)ncc3c2)c1Cl. The van der Waals surface area contributed by atoms with Crippen LogP contribution in [0, 0.1) is 0 Å². The third-order valence-electron chi connectivity index (χ3n) is 4.84. The Hall–Kier alpha value is -2.28. The van der Waals surface area contributed by atoms with Crippen LogP contribution in [0.5, 0.6) is 11.5 Å². The van der Waals surface area contributed by atoms with Crippen LogP contribution in [0.3, 0.4) is 0 Å². The number of halogens is 2. The first kappa shape index (κ1) is 19.1. The molecule has 1 fully saturated rings. The highest BCUT2D eigenvalue weighted by atomic mass is 35.5. The van der Waals surface area contributed by atoms with E-state index in [2.05, 4.69) is 20.6 Å². The second-order valence-corrected chi connectivity index (χ2v) is 7.34. The molecule has 4 rings (SSSR count). The minimum atomic E-state index is 0.360. The number of methoxy groups -OCH3 is 2. The number of hydrogen-bond acceptors (Lipinski definition) is 6. The Bertz CT molecular complexity index is 994. The molecule has 28 heavy (non-hydrogen) atoms. The van der Waals surface area contributed by atoms with Crippen LogP contribution < -0.4 is 20.1 Å². The van der Waals surface area contributed by atoms with Crippen molar-refractivity contribution in [2.24, 2.45) is 0 Å². The molecule has 0 aliphatic carbocycles. The number of anilines is 1. The van der Waals surface area contributed by atoms with Gasteiger partial charge in [0.15, 0.2) is 0 Å². The molecular formula is C20H20Cl2N4O2. The van der Waals surface area contributed by atoms with Crippen molar-refractivity contribution in [3.63, 3.8) is 0 Å². The van der Waals surface area contributed by atoms with Crippen molar-refractivity contribution in [1.82, 2.24) is 15.3 Å². The monoisotopic (exact) mass is 418 g/mol. The van der Waals surface area contributed by atoms with Gasteiger partial charge in [-0.15, -0.1) is 0 Å². The number of benzene rings is 2. The molecule has 2 N–H and O–H groups in total. The van der Waals surface area contributed by atoms with E-state index >= 15 is 0 Å². The van der Waals surface area contributed by atoms with E-state index in [0.717, 1.165) is 36.0 Å². The van der Waals surface area contributed by atoms with Gasteiger partial charge in [-0.25, -0.2) is 9.97 Å². The Balaban J connectivity index is 1.74. The highest BCUT2D eigenvalue weighted by Crippen LogP contribution is 2.46. The van der Waals surface area contributed by atoms with Crippen LogP contribution in [0.15, 0.2) is 30.5 Å². The fourth-order valence-electron chi connectivity index (χ4n) is 3.36. The average molecular weight is 419 g/mol. The second-order valence-electron chi connectivity index (χ2n) is 6.59. The first-order valence-corrected chi connectivity index (χ1v) is 9.70. The summed E-state index contributed by atoms with van der Waals surface area (Å²) in [5, 5.41) is 8.44. The summed E-state index contributed by atoms with van der Waals surface area (Å²) in [6.07, 6.45) is 2.87. The predicted molar refractivity (Wildman–Crippen MR) is 113 cm³/mol. The molecule has 0 saturated carbocycles. The van der Waals surface area contributed by atoms with E-state index in [-0.39, 0.29) is 0 Å². The molecule has 0 radical (unpaired) electrons. The van der Waals surface area contributed by atoms with Crippen molar-refractivity contribution in [3.8, 4) is 22.6 Å². The normalized spacial score (nSPS) is 16.4. The molecule has 0 spiro atoms. The van der Waals surface area contributed by atoms with Gasteiger partial charge in [0.2, 0.25) is 5.95 Å². The summed E-state index contributed by atoms with van der Waals surface area (Å²) in [5.74, 6) is 1.63. The summed E-state index contributed by atoms with van der Waals surface area (Å²) in [6, 6.07) is 7.86. The highest BCUT2D eigenvalue weighted by molar-refractivity contribution is 6.41. The van der Waals surface area contributed by atoms with Gasteiger partial charge in [0.1, 0.15) is 11.5 Å². The van der Waals surface area contributed by atoms with Crippen LogP contribution in [-0.4, -0.2) is 43.3 Å². The maximum atomic E-state index is 6.54. The summed E-state index contributed by atoms with van der Waals surface area (Å²) >= 11 is 13.1. The summed E-state index contributed by atoms with van der Waals surface area (Å²) in [6.45, 7) is 1.94. The Morgan fingerprint density at radius 3 is 2.50 bits per heavy atom. The lowest BCUT2D eigenvalue weighted by Crippen LogP contribution is -2.23. The van der Waals surface area contributed by atoms with Gasteiger partial charge in [-0.2, -0.15) is 0 Å². The van der Waals surface area contributed by atoms with Gasteiger partial charge >= 0.3 is 0 Å². The summed E-state index contributed by atoms with van der Waals surface area (Å²) in [7, 11) is 3.11. The molecule has 1 aliphatic heterocycles. The van der Waals surface area contributed by atoms with Gasteiger partial charge in [0.05, 0.1) is 29.8 Å². The van der Waals surface area contributed by atoms with Crippen molar-refractivity contribution in [1.29, 1.82) is 0 Å². The van der Waals surface area contributed by atoms with E-state index in [9.17, 15) is 0 Å². The van der Waals surface area contributed by atoms with Gasteiger partial charge in [-0.3, -0.25) is 0 Å². The zero-order valence-electron chi connectivity index (χ0n) is 15.6. The molecule has 1 unspecified atom stereocenters. The molecular weight excluding hydrogens is 399 g/mol. The minimum Gasteiger partial charge on any atom is -0.495 e.